The fourth-order valence-corrected chi connectivity index (χ4v) is 6.03. The molecule has 5 rings (SSSR count). The van der Waals surface area contributed by atoms with Crippen molar-refractivity contribution < 1.29 is 0 Å². The van der Waals surface area contributed by atoms with Crippen molar-refractivity contribution >= 4 is 70.5 Å². The summed E-state index contributed by atoms with van der Waals surface area (Å²) in [5.74, 6) is 0. The molecule has 0 heterocycles. The molecule has 0 saturated carbocycles. The van der Waals surface area contributed by atoms with Gasteiger partial charge in [-0.25, -0.2) is 0 Å². The molecule has 0 radical (unpaired) electrons. The van der Waals surface area contributed by atoms with Crippen molar-refractivity contribution in [2.75, 3.05) is 4.90 Å². The normalized spacial score (nSPS) is 11.3. The van der Waals surface area contributed by atoms with Crippen LogP contribution in [-0.4, -0.2) is 0 Å². The maximum atomic E-state index is 3.96. The molecule has 0 aliphatic heterocycles. The fourth-order valence-electron chi connectivity index (χ4n) is 4.69. The first kappa shape index (κ1) is 21.2. The van der Waals surface area contributed by atoms with Gasteiger partial charge >= 0.3 is 0 Å². The lowest BCUT2D eigenvalue weighted by molar-refractivity contribution is 1.20. The van der Waals surface area contributed by atoms with Crippen molar-refractivity contribution in [1.29, 1.82) is 0 Å². The van der Waals surface area contributed by atoms with Crippen molar-refractivity contribution in [1.82, 2.24) is 0 Å². The maximum Gasteiger partial charge on any atom is 0.0610 e. The number of hydrogen-bond donors (Lipinski definition) is 0. The van der Waals surface area contributed by atoms with Crippen LogP contribution in [-0.2, 0) is 0 Å². The lowest BCUT2D eigenvalue weighted by atomic mass is 10.0. The van der Waals surface area contributed by atoms with E-state index in [2.05, 4.69) is 142 Å². The molecule has 0 aliphatic rings. The van der Waals surface area contributed by atoms with Gasteiger partial charge in [0.25, 0.3) is 0 Å². The van der Waals surface area contributed by atoms with Crippen LogP contribution in [0.3, 0.4) is 0 Å². The summed E-state index contributed by atoms with van der Waals surface area (Å²) in [5, 5.41) is 4.85. The molecular weight excluding hydrogens is 522 g/mol. The maximum absolute atomic E-state index is 3.96. The Morgan fingerprint density at radius 2 is 1.00 bits per heavy atom. The quantitative estimate of drug-likeness (QED) is 0.218. The van der Waals surface area contributed by atoms with Crippen LogP contribution in [0.15, 0.2) is 93.9 Å². The Labute approximate surface area is 205 Å². The van der Waals surface area contributed by atoms with Gasteiger partial charge in [-0.2, -0.15) is 0 Å². The molecule has 3 heteroatoms. The van der Waals surface area contributed by atoms with E-state index in [1.807, 2.05) is 0 Å². The smallest absolute Gasteiger partial charge is 0.0610 e. The Balaban J connectivity index is 1.86. The van der Waals surface area contributed by atoms with Crippen LogP contribution < -0.4 is 4.90 Å². The van der Waals surface area contributed by atoms with Crippen LogP contribution in [0.25, 0.3) is 21.5 Å². The molecule has 32 heavy (non-hydrogen) atoms. The van der Waals surface area contributed by atoms with Gasteiger partial charge in [0.05, 0.1) is 17.1 Å². The summed E-state index contributed by atoms with van der Waals surface area (Å²) in [4.78, 5) is 2.39. The van der Waals surface area contributed by atoms with E-state index in [1.54, 1.807) is 0 Å². The third-order valence-corrected chi connectivity index (χ3v) is 7.69. The first-order valence-corrected chi connectivity index (χ1v) is 12.3. The predicted molar refractivity (Wildman–Crippen MR) is 146 cm³/mol. The largest absolute Gasteiger partial charge is 0.308 e. The van der Waals surface area contributed by atoms with Gasteiger partial charge in [0.2, 0.25) is 0 Å². The van der Waals surface area contributed by atoms with Gasteiger partial charge in [-0.1, -0.05) is 78.4 Å². The van der Waals surface area contributed by atoms with E-state index in [1.165, 1.54) is 43.9 Å². The number of halogens is 2. The third-order valence-electron chi connectivity index (χ3n) is 6.03. The van der Waals surface area contributed by atoms with Crippen molar-refractivity contribution in [3.05, 3.63) is 111 Å². The second-order valence-electron chi connectivity index (χ2n) is 8.32. The summed E-state index contributed by atoms with van der Waals surface area (Å²) in [7, 11) is 0. The third kappa shape index (κ3) is 3.54. The Hall–Kier alpha value is -2.62. The van der Waals surface area contributed by atoms with E-state index in [9.17, 15) is 0 Å². The molecule has 158 valence electrons. The number of benzene rings is 5. The van der Waals surface area contributed by atoms with Crippen molar-refractivity contribution in [3.63, 3.8) is 0 Å². The molecule has 5 aromatic carbocycles. The summed E-state index contributed by atoms with van der Waals surface area (Å²) in [5.41, 5.74) is 7.23. The van der Waals surface area contributed by atoms with Crippen LogP contribution in [0.4, 0.5) is 17.1 Å². The summed E-state index contributed by atoms with van der Waals surface area (Å²) >= 11 is 7.92. The number of hydrogen-bond acceptors (Lipinski definition) is 1. The van der Waals surface area contributed by atoms with Crippen LogP contribution in [0.1, 0.15) is 16.7 Å². The molecule has 0 bridgehead atoms. The zero-order chi connectivity index (χ0) is 22.4. The average Bonchev–Trinajstić information content (AvgIpc) is 2.78. The summed E-state index contributed by atoms with van der Waals surface area (Å²) < 4.78 is 2.19. The van der Waals surface area contributed by atoms with Crippen LogP contribution in [0.5, 0.6) is 0 Å². The zero-order valence-electron chi connectivity index (χ0n) is 18.3. The Bertz CT molecular complexity index is 1380. The highest BCUT2D eigenvalue weighted by Crippen LogP contribution is 2.47. The molecule has 0 unspecified atom stereocenters. The highest BCUT2D eigenvalue weighted by atomic mass is 79.9. The van der Waals surface area contributed by atoms with Crippen LogP contribution >= 0.6 is 31.9 Å². The van der Waals surface area contributed by atoms with Gasteiger partial charge in [-0.15, -0.1) is 0 Å². The molecule has 0 N–H and O–H groups in total. The molecule has 0 fully saturated rings. The highest BCUT2D eigenvalue weighted by Gasteiger charge is 2.23. The van der Waals surface area contributed by atoms with Crippen molar-refractivity contribution in [2.24, 2.45) is 0 Å². The summed E-state index contributed by atoms with van der Waals surface area (Å²) in [6.07, 6.45) is 0. The molecule has 0 spiro atoms. The number of aryl methyl sites for hydroxylation is 3. The van der Waals surface area contributed by atoms with E-state index in [4.69, 9.17) is 0 Å². The minimum atomic E-state index is 1.09. The first-order valence-electron chi connectivity index (χ1n) is 10.7. The van der Waals surface area contributed by atoms with E-state index in [-0.39, 0.29) is 0 Å². The molecule has 0 saturated heterocycles. The average molecular weight is 545 g/mol. The minimum absolute atomic E-state index is 1.09. The summed E-state index contributed by atoms with van der Waals surface area (Å²) in [6.45, 7) is 6.56. The van der Waals surface area contributed by atoms with Crippen molar-refractivity contribution in [3.8, 4) is 0 Å². The number of nitrogens with zero attached hydrogens (tertiary/aromatic N) is 1. The van der Waals surface area contributed by atoms with Gasteiger partial charge < -0.3 is 4.90 Å². The predicted octanol–water partition coefficient (Wildman–Crippen LogP) is 9.91. The zero-order valence-corrected chi connectivity index (χ0v) is 21.5. The molecular formula is C29H23Br2N. The number of anilines is 3. The highest BCUT2D eigenvalue weighted by molar-refractivity contribution is 9.11. The molecule has 0 aliphatic carbocycles. The molecule has 5 aromatic rings. The van der Waals surface area contributed by atoms with Gasteiger partial charge in [0, 0.05) is 8.95 Å². The Kier molecular flexibility index (Phi) is 5.56. The van der Waals surface area contributed by atoms with Crippen molar-refractivity contribution in [2.45, 2.75) is 20.8 Å². The van der Waals surface area contributed by atoms with Gasteiger partial charge in [-0.05, 0) is 97.4 Å². The topological polar surface area (TPSA) is 3.24 Å². The van der Waals surface area contributed by atoms with E-state index in [0.717, 1.165) is 20.3 Å². The molecule has 0 atom stereocenters. The second kappa shape index (κ2) is 8.38. The molecule has 0 aromatic heterocycles. The number of rotatable bonds is 3. The fraction of sp³-hybridized carbons (Fsp3) is 0.103. The van der Waals surface area contributed by atoms with Crippen LogP contribution in [0, 0.1) is 20.8 Å². The molecule has 1 nitrogen and oxygen atoms in total. The van der Waals surface area contributed by atoms with Gasteiger partial charge in [0.1, 0.15) is 0 Å². The summed E-state index contributed by atoms with van der Waals surface area (Å²) in [6, 6.07) is 30.4. The lowest BCUT2D eigenvalue weighted by Crippen LogP contribution is -2.14. The first-order chi connectivity index (χ1) is 15.5. The van der Waals surface area contributed by atoms with Gasteiger partial charge in [-0.3, -0.25) is 0 Å². The Morgan fingerprint density at radius 3 is 1.47 bits per heavy atom. The minimum Gasteiger partial charge on any atom is -0.308 e. The van der Waals surface area contributed by atoms with E-state index < -0.39 is 0 Å². The van der Waals surface area contributed by atoms with E-state index >= 15 is 0 Å². The van der Waals surface area contributed by atoms with Crippen LogP contribution in [0.2, 0.25) is 0 Å². The van der Waals surface area contributed by atoms with Gasteiger partial charge in [0.15, 0.2) is 0 Å². The second-order valence-corrected chi connectivity index (χ2v) is 9.91. The SMILES string of the molecule is Cc1cc(C)c(N(c2ccc3ccccc3c2Br)c2ccc3ccccc3c2Br)c(C)c1. The lowest BCUT2D eigenvalue weighted by Gasteiger charge is -2.31. The molecule has 0 amide bonds. The monoisotopic (exact) mass is 543 g/mol. The Morgan fingerprint density at radius 1 is 0.562 bits per heavy atom. The standard InChI is InChI=1S/C29H23Br2N/c1-18-16-19(2)29(20(3)17-18)32(25-14-12-21-8-4-6-10-23(21)27(25)30)26-15-13-22-9-5-7-11-24(22)28(26)31/h4-17H,1-3H3. The van der Waals surface area contributed by atoms with E-state index in [0.29, 0.717) is 0 Å². The number of fused-ring (bicyclic) bond motifs is 2.